The number of carboxylic acid groups (broad SMARTS) is 1. The van der Waals surface area contributed by atoms with E-state index in [1.807, 2.05) is 0 Å². The molecule has 0 aromatic carbocycles. The van der Waals surface area contributed by atoms with Crippen molar-refractivity contribution in [1.82, 2.24) is 0 Å². The molecular weight excluding hydrogens is 188 g/mol. The fourth-order valence-electron chi connectivity index (χ4n) is 1.79. The van der Waals surface area contributed by atoms with Crippen LogP contribution in [0.2, 0.25) is 0 Å². The molecule has 0 saturated heterocycles. The average Bonchev–Trinajstić information content (AvgIpc) is 2.15. The molecule has 15 heavy (non-hydrogen) atoms. The molecule has 0 radical (unpaired) electrons. The van der Waals surface area contributed by atoms with Gasteiger partial charge in [-0.05, 0) is 18.8 Å². The van der Waals surface area contributed by atoms with Crippen LogP contribution in [0.1, 0.15) is 65.7 Å². The van der Waals surface area contributed by atoms with Crippen molar-refractivity contribution in [3.63, 3.8) is 0 Å². The van der Waals surface area contributed by atoms with Crippen LogP contribution in [0.3, 0.4) is 0 Å². The molecule has 1 unspecified atom stereocenters. The van der Waals surface area contributed by atoms with Gasteiger partial charge in [0.25, 0.3) is 0 Å². The van der Waals surface area contributed by atoms with Crippen LogP contribution in [0, 0.1) is 11.8 Å². The average molecular weight is 214 g/mol. The van der Waals surface area contributed by atoms with Gasteiger partial charge in [-0.15, -0.1) is 0 Å². The molecular formula is C13H26O2. The first-order valence-electron chi connectivity index (χ1n) is 6.30. The van der Waals surface area contributed by atoms with E-state index in [9.17, 15) is 4.79 Å². The first kappa shape index (κ1) is 14.5. The number of rotatable bonds is 9. The summed E-state index contributed by atoms with van der Waals surface area (Å²) in [5.41, 5.74) is 0. The number of carboxylic acids is 1. The SMILES string of the molecule is CCCCC(CCCCC(C)C)C(=O)O. The molecule has 0 aromatic rings. The van der Waals surface area contributed by atoms with Gasteiger partial charge < -0.3 is 5.11 Å². The summed E-state index contributed by atoms with van der Waals surface area (Å²) in [6.07, 6.45) is 7.32. The van der Waals surface area contributed by atoms with Crippen molar-refractivity contribution in [1.29, 1.82) is 0 Å². The third kappa shape index (κ3) is 8.46. The second kappa shape index (κ2) is 8.75. The fraction of sp³-hybridized carbons (Fsp3) is 0.923. The summed E-state index contributed by atoms with van der Waals surface area (Å²) in [7, 11) is 0. The van der Waals surface area contributed by atoms with Gasteiger partial charge in [0.05, 0.1) is 5.92 Å². The van der Waals surface area contributed by atoms with Crippen LogP contribution in [0.15, 0.2) is 0 Å². The molecule has 90 valence electrons. The predicted octanol–water partition coefficient (Wildman–Crippen LogP) is 4.09. The monoisotopic (exact) mass is 214 g/mol. The second-order valence-electron chi connectivity index (χ2n) is 4.86. The number of hydrogen-bond acceptors (Lipinski definition) is 1. The summed E-state index contributed by atoms with van der Waals surface area (Å²) < 4.78 is 0. The molecule has 0 bridgehead atoms. The van der Waals surface area contributed by atoms with Crippen molar-refractivity contribution in [2.24, 2.45) is 11.8 Å². The minimum atomic E-state index is -0.604. The molecule has 0 spiro atoms. The standard InChI is InChI=1S/C13H26O2/c1-4-5-9-12(13(14)15)10-7-6-8-11(2)3/h11-12H,4-10H2,1-3H3,(H,14,15). The van der Waals surface area contributed by atoms with Gasteiger partial charge in [0.15, 0.2) is 0 Å². The van der Waals surface area contributed by atoms with Gasteiger partial charge in [0.1, 0.15) is 0 Å². The van der Waals surface area contributed by atoms with Gasteiger partial charge in [-0.1, -0.05) is 52.9 Å². The van der Waals surface area contributed by atoms with Crippen molar-refractivity contribution < 1.29 is 9.90 Å². The van der Waals surface area contributed by atoms with Crippen molar-refractivity contribution in [2.75, 3.05) is 0 Å². The van der Waals surface area contributed by atoms with Crippen LogP contribution in [-0.2, 0) is 4.79 Å². The zero-order chi connectivity index (χ0) is 11.7. The zero-order valence-corrected chi connectivity index (χ0v) is 10.5. The molecule has 0 saturated carbocycles. The molecule has 0 rings (SSSR count). The summed E-state index contributed by atoms with van der Waals surface area (Å²) in [6, 6.07) is 0. The van der Waals surface area contributed by atoms with Gasteiger partial charge in [0.2, 0.25) is 0 Å². The lowest BCUT2D eigenvalue weighted by molar-refractivity contribution is -0.142. The highest BCUT2D eigenvalue weighted by Crippen LogP contribution is 2.18. The number of unbranched alkanes of at least 4 members (excludes halogenated alkanes) is 2. The summed E-state index contributed by atoms with van der Waals surface area (Å²) in [4.78, 5) is 10.9. The Labute approximate surface area is 94.1 Å². The quantitative estimate of drug-likeness (QED) is 0.587. The molecule has 0 heterocycles. The van der Waals surface area contributed by atoms with E-state index in [1.165, 1.54) is 12.8 Å². The van der Waals surface area contributed by atoms with E-state index in [-0.39, 0.29) is 5.92 Å². The van der Waals surface area contributed by atoms with Gasteiger partial charge in [-0.3, -0.25) is 4.79 Å². The number of carbonyl (C=O) groups is 1. The van der Waals surface area contributed by atoms with Crippen LogP contribution < -0.4 is 0 Å². The van der Waals surface area contributed by atoms with Crippen LogP contribution in [0.25, 0.3) is 0 Å². The Morgan fingerprint density at radius 1 is 1.07 bits per heavy atom. The molecule has 0 aromatic heterocycles. The highest BCUT2D eigenvalue weighted by atomic mass is 16.4. The summed E-state index contributed by atoms with van der Waals surface area (Å²) in [6.45, 7) is 6.54. The molecule has 0 aliphatic heterocycles. The summed E-state index contributed by atoms with van der Waals surface area (Å²) >= 11 is 0. The van der Waals surface area contributed by atoms with Gasteiger partial charge in [0, 0.05) is 0 Å². The molecule has 0 aliphatic rings. The Bertz CT molecular complexity index is 164. The minimum Gasteiger partial charge on any atom is -0.481 e. The maximum atomic E-state index is 10.9. The maximum Gasteiger partial charge on any atom is 0.306 e. The van der Waals surface area contributed by atoms with Crippen molar-refractivity contribution in [3.8, 4) is 0 Å². The zero-order valence-electron chi connectivity index (χ0n) is 10.5. The predicted molar refractivity (Wildman–Crippen MR) is 64.0 cm³/mol. The van der Waals surface area contributed by atoms with E-state index in [2.05, 4.69) is 20.8 Å². The van der Waals surface area contributed by atoms with Crippen molar-refractivity contribution in [3.05, 3.63) is 0 Å². The van der Waals surface area contributed by atoms with E-state index in [4.69, 9.17) is 5.11 Å². The molecule has 2 nitrogen and oxygen atoms in total. The number of aliphatic carboxylic acids is 1. The van der Waals surface area contributed by atoms with Crippen LogP contribution >= 0.6 is 0 Å². The molecule has 1 atom stereocenters. The molecule has 0 amide bonds. The molecule has 0 fully saturated rings. The largest absolute Gasteiger partial charge is 0.481 e. The fourth-order valence-corrected chi connectivity index (χ4v) is 1.79. The minimum absolute atomic E-state index is 0.0999. The molecule has 2 heteroatoms. The van der Waals surface area contributed by atoms with Crippen molar-refractivity contribution in [2.45, 2.75) is 65.7 Å². The van der Waals surface area contributed by atoms with Crippen LogP contribution in [0.5, 0.6) is 0 Å². The summed E-state index contributed by atoms with van der Waals surface area (Å²) in [5, 5.41) is 9.01. The van der Waals surface area contributed by atoms with E-state index in [1.54, 1.807) is 0 Å². The van der Waals surface area contributed by atoms with Gasteiger partial charge >= 0.3 is 5.97 Å². The van der Waals surface area contributed by atoms with E-state index in [0.717, 1.165) is 38.0 Å². The van der Waals surface area contributed by atoms with Crippen LogP contribution in [-0.4, -0.2) is 11.1 Å². The highest BCUT2D eigenvalue weighted by molar-refractivity contribution is 5.69. The topological polar surface area (TPSA) is 37.3 Å². The van der Waals surface area contributed by atoms with Crippen molar-refractivity contribution >= 4 is 5.97 Å². The Balaban J connectivity index is 3.62. The first-order chi connectivity index (χ1) is 7.07. The Morgan fingerprint density at radius 2 is 1.60 bits per heavy atom. The lowest BCUT2D eigenvalue weighted by atomic mass is 9.94. The molecule has 0 aliphatic carbocycles. The lowest BCUT2D eigenvalue weighted by Gasteiger charge is -2.11. The first-order valence-corrected chi connectivity index (χ1v) is 6.30. The summed E-state index contributed by atoms with van der Waals surface area (Å²) in [5.74, 6) is 0.0361. The van der Waals surface area contributed by atoms with E-state index >= 15 is 0 Å². The molecule has 1 N–H and O–H groups in total. The van der Waals surface area contributed by atoms with Crippen LogP contribution in [0.4, 0.5) is 0 Å². The van der Waals surface area contributed by atoms with Gasteiger partial charge in [-0.2, -0.15) is 0 Å². The lowest BCUT2D eigenvalue weighted by Crippen LogP contribution is -2.13. The Kier molecular flexibility index (Phi) is 8.44. The maximum absolute atomic E-state index is 10.9. The van der Waals surface area contributed by atoms with Gasteiger partial charge in [-0.25, -0.2) is 0 Å². The Morgan fingerprint density at radius 3 is 2.07 bits per heavy atom. The number of hydrogen-bond donors (Lipinski definition) is 1. The smallest absolute Gasteiger partial charge is 0.306 e. The second-order valence-corrected chi connectivity index (χ2v) is 4.86. The highest BCUT2D eigenvalue weighted by Gasteiger charge is 2.15. The Hall–Kier alpha value is -0.530. The van der Waals surface area contributed by atoms with E-state index in [0.29, 0.717) is 0 Å². The third-order valence-corrected chi connectivity index (χ3v) is 2.84. The third-order valence-electron chi connectivity index (χ3n) is 2.84. The van der Waals surface area contributed by atoms with E-state index < -0.39 is 5.97 Å². The normalized spacial score (nSPS) is 13.1.